The Labute approximate surface area is 341 Å². The van der Waals surface area contributed by atoms with E-state index in [1.165, 1.54) is 77.0 Å². The van der Waals surface area contributed by atoms with Gasteiger partial charge in [-0.05, 0) is 76.5 Å². The molecule has 2 aliphatic carbocycles. The second kappa shape index (κ2) is 19.2. The van der Waals surface area contributed by atoms with Gasteiger partial charge in [-0.25, -0.2) is 4.98 Å². The van der Waals surface area contributed by atoms with Gasteiger partial charge in [0.05, 0.1) is 29.7 Å². The molecular weight excluding hydrogens is 726 g/mol. The molecule has 4 fully saturated rings. The van der Waals surface area contributed by atoms with Crippen molar-refractivity contribution in [3.63, 3.8) is 0 Å². The number of aliphatic hydroxyl groups is 1. The van der Waals surface area contributed by atoms with E-state index >= 15 is 0 Å². The van der Waals surface area contributed by atoms with Crippen molar-refractivity contribution in [3.8, 4) is 5.75 Å². The van der Waals surface area contributed by atoms with E-state index in [-0.39, 0.29) is 48.3 Å². The molecule has 3 unspecified atom stereocenters. The van der Waals surface area contributed by atoms with E-state index in [9.17, 15) is 9.90 Å². The van der Waals surface area contributed by atoms with E-state index in [2.05, 4.69) is 62.5 Å². The van der Waals surface area contributed by atoms with Crippen LogP contribution in [0.4, 0.5) is 0 Å². The van der Waals surface area contributed by atoms with Gasteiger partial charge < -0.3 is 19.6 Å². The summed E-state index contributed by atoms with van der Waals surface area (Å²) >= 11 is 6.82. The minimum Gasteiger partial charge on any atom is -0.484 e. The number of carbonyl (C=O) groups excluding carboxylic acids is 1. The molecule has 5 aliphatic rings. The van der Waals surface area contributed by atoms with E-state index in [4.69, 9.17) is 20.8 Å². The molecule has 0 bridgehead atoms. The molecule has 1 amide bonds. The number of fused-ring (bicyclic) bond motifs is 1. The highest BCUT2D eigenvalue weighted by atomic mass is 35.5. The number of aliphatic hydroxyl groups excluding tert-OH is 1. The first-order valence-electron chi connectivity index (χ1n) is 22.1. The number of nitrogens with one attached hydrogen (secondary N) is 3. The zero-order chi connectivity index (χ0) is 39.1. The Balaban J connectivity index is 1.03. The number of carbonyl (C=O) groups is 1. The van der Waals surface area contributed by atoms with Crippen molar-refractivity contribution in [2.75, 3.05) is 45.8 Å². The van der Waals surface area contributed by atoms with Crippen LogP contribution >= 0.6 is 11.6 Å². The largest absolute Gasteiger partial charge is 0.484 e. The van der Waals surface area contributed by atoms with Gasteiger partial charge in [0.15, 0.2) is 12.2 Å². The molecule has 2 saturated heterocycles. The molecule has 7 rings (SSSR count). The summed E-state index contributed by atoms with van der Waals surface area (Å²) in [5, 5.41) is 23.6. The van der Waals surface area contributed by atoms with E-state index < -0.39 is 6.10 Å². The molecule has 2 aromatic rings. The fraction of sp³-hybridized carbons (Fsp3) is 0.773. The van der Waals surface area contributed by atoms with E-state index in [1.54, 1.807) is 6.20 Å². The Morgan fingerprint density at radius 3 is 2.39 bits per heavy atom. The number of piperidine rings is 1. The number of oxazole rings is 1. The molecule has 312 valence electrons. The molecule has 1 spiro atoms. The number of aromatic nitrogens is 1. The molecule has 12 heteroatoms. The van der Waals surface area contributed by atoms with Crippen LogP contribution in [0.1, 0.15) is 128 Å². The highest BCUT2D eigenvalue weighted by Crippen LogP contribution is 2.49. The number of β-amino-alcohol motifs (C(OH)–C–C–N with tert-alkyl or cyclic N) is 1. The number of benzene rings is 1. The second-order valence-corrected chi connectivity index (χ2v) is 19.0. The first-order chi connectivity index (χ1) is 27.1. The van der Waals surface area contributed by atoms with Crippen molar-refractivity contribution in [1.29, 1.82) is 0 Å². The van der Waals surface area contributed by atoms with E-state index in [1.807, 2.05) is 6.07 Å². The van der Waals surface area contributed by atoms with Gasteiger partial charge in [0, 0.05) is 75.3 Å². The SMILES string of the molecule is CC(C)(C)N1CCN(C2NC(NC3CCC3)CC(C(=O)NC[C@H](O)CN3CCc4c(ccc(OCc5cnco5)c4Cl)C3)C23CCCCCCCCCC3)CC1. The first kappa shape index (κ1) is 41.9. The number of rotatable bonds is 11. The van der Waals surface area contributed by atoms with E-state index in [0.717, 1.165) is 69.5 Å². The van der Waals surface area contributed by atoms with Crippen molar-refractivity contribution >= 4 is 17.5 Å². The molecule has 4 atom stereocenters. The van der Waals surface area contributed by atoms with Gasteiger partial charge in [0.1, 0.15) is 12.4 Å². The topological polar surface area (TPSA) is 118 Å². The Hall–Kier alpha value is -2.25. The van der Waals surface area contributed by atoms with Gasteiger partial charge in [0.25, 0.3) is 0 Å². The molecule has 4 N–H and O–H groups in total. The van der Waals surface area contributed by atoms with Gasteiger partial charge in [0.2, 0.25) is 5.91 Å². The third-order valence-electron chi connectivity index (χ3n) is 13.8. The Kier molecular flexibility index (Phi) is 14.4. The van der Waals surface area contributed by atoms with Crippen molar-refractivity contribution in [3.05, 3.63) is 46.6 Å². The lowest BCUT2D eigenvalue weighted by atomic mass is 9.61. The predicted octanol–water partition coefficient (Wildman–Crippen LogP) is 6.46. The summed E-state index contributed by atoms with van der Waals surface area (Å²) in [6.45, 7) is 13.6. The zero-order valence-corrected chi connectivity index (χ0v) is 35.3. The maximum absolute atomic E-state index is 14.8. The minimum absolute atomic E-state index is 0.101. The van der Waals surface area contributed by atoms with Crippen molar-refractivity contribution in [2.45, 2.75) is 160 Å². The number of piperazine rings is 1. The summed E-state index contributed by atoms with van der Waals surface area (Å²) in [7, 11) is 0. The molecule has 4 heterocycles. The van der Waals surface area contributed by atoms with Gasteiger partial charge in [-0.1, -0.05) is 75.5 Å². The zero-order valence-electron chi connectivity index (χ0n) is 34.5. The van der Waals surface area contributed by atoms with Gasteiger partial charge in [-0.15, -0.1) is 0 Å². The monoisotopic (exact) mass is 796 g/mol. The summed E-state index contributed by atoms with van der Waals surface area (Å²) in [6, 6.07) is 4.52. The second-order valence-electron chi connectivity index (χ2n) is 18.6. The van der Waals surface area contributed by atoms with E-state index in [0.29, 0.717) is 35.7 Å². The summed E-state index contributed by atoms with van der Waals surface area (Å²) < 4.78 is 11.2. The highest BCUT2D eigenvalue weighted by Gasteiger charge is 2.54. The van der Waals surface area contributed by atoms with Gasteiger partial charge in [-0.2, -0.15) is 0 Å². The van der Waals surface area contributed by atoms with Crippen LogP contribution < -0.4 is 20.7 Å². The van der Waals surface area contributed by atoms with Crippen LogP contribution in [0.15, 0.2) is 29.1 Å². The lowest BCUT2D eigenvalue weighted by molar-refractivity contribution is -0.144. The molecule has 2 saturated carbocycles. The van der Waals surface area contributed by atoms with Crippen LogP contribution in [0.25, 0.3) is 0 Å². The van der Waals surface area contributed by atoms with Crippen LogP contribution in [-0.2, 0) is 24.4 Å². The van der Waals surface area contributed by atoms with Gasteiger partial charge >= 0.3 is 0 Å². The van der Waals surface area contributed by atoms with Crippen LogP contribution in [0.3, 0.4) is 0 Å². The smallest absolute Gasteiger partial charge is 0.223 e. The lowest BCUT2D eigenvalue weighted by Crippen LogP contribution is -2.72. The highest BCUT2D eigenvalue weighted by molar-refractivity contribution is 6.33. The summed E-state index contributed by atoms with van der Waals surface area (Å²) in [6.07, 6.45) is 20.1. The molecule has 56 heavy (non-hydrogen) atoms. The molecule has 11 nitrogen and oxygen atoms in total. The first-order valence-corrected chi connectivity index (χ1v) is 22.5. The van der Waals surface area contributed by atoms with Gasteiger partial charge in [-0.3, -0.25) is 30.1 Å². The number of halogens is 1. The number of hydrogen-bond acceptors (Lipinski definition) is 10. The Bertz CT molecular complexity index is 1530. The Morgan fingerprint density at radius 2 is 1.75 bits per heavy atom. The molecule has 3 aliphatic heterocycles. The Morgan fingerprint density at radius 1 is 1.04 bits per heavy atom. The number of nitrogens with zero attached hydrogens (tertiary/aromatic N) is 4. The molecular formula is C44H70ClN7O4. The third-order valence-corrected chi connectivity index (χ3v) is 14.2. The average Bonchev–Trinajstić information content (AvgIpc) is 3.68. The van der Waals surface area contributed by atoms with Crippen molar-refractivity contribution in [1.82, 2.24) is 35.6 Å². The fourth-order valence-electron chi connectivity index (χ4n) is 10.3. The summed E-state index contributed by atoms with van der Waals surface area (Å²) in [5.74, 6) is 1.29. The number of hydrogen-bond donors (Lipinski definition) is 4. The molecule has 1 aromatic carbocycles. The quantitative estimate of drug-likeness (QED) is 0.202. The standard InChI is InChI=1S/C44H70ClN7O4/c1-43(2,3)52-23-21-51(22-24-52)42-44(18-10-8-6-4-5-7-9-11-19-44)37(25-39(49-42)48-33-13-12-14-33)41(54)47-26-34(53)29-50-20-17-36-32(28-50)15-16-38(40(36)45)55-30-35-27-46-31-56-35/h15-16,27,31,33-34,37,39,42,48-49,53H,4-14,17-26,28-30H2,1-3H3,(H,47,54)/t34-,37?,39?,42?/m0/s1. The normalized spacial score (nSPS) is 26.8. The van der Waals surface area contributed by atoms with Crippen molar-refractivity contribution < 1.29 is 19.1 Å². The number of ether oxygens (including phenoxy) is 1. The lowest BCUT2D eigenvalue weighted by Gasteiger charge is -2.58. The third kappa shape index (κ3) is 10.3. The fourth-order valence-corrected chi connectivity index (χ4v) is 10.7. The van der Waals surface area contributed by atoms with Crippen LogP contribution in [0, 0.1) is 11.3 Å². The summed E-state index contributed by atoms with van der Waals surface area (Å²) in [4.78, 5) is 26.4. The minimum atomic E-state index is -0.670. The maximum Gasteiger partial charge on any atom is 0.223 e. The summed E-state index contributed by atoms with van der Waals surface area (Å²) in [5.41, 5.74) is 2.23. The molecule has 1 aromatic heterocycles. The van der Waals surface area contributed by atoms with Crippen molar-refractivity contribution in [2.24, 2.45) is 11.3 Å². The molecule has 0 radical (unpaired) electrons. The average molecular weight is 797 g/mol. The predicted molar refractivity (Wildman–Crippen MR) is 221 cm³/mol. The maximum atomic E-state index is 14.8. The van der Waals surface area contributed by atoms with Crippen LogP contribution in [-0.4, -0.2) is 107 Å². The van der Waals surface area contributed by atoms with Crippen LogP contribution in [0.2, 0.25) is 5.02 Å². The number of amides is 1. The van der Waals surface area contributed by atoms with Crippen LogP contribution in [0.5, 0.6) is 5.75 Å².